The molecule has 120 valence electrons. The summed E-state index contributed by atoms with van der Waals surface area (Å²) in [6.07, 6.45) is 9.87. The average molecular weight is 330 g/mol. The summed E-state index contributed by atoms with van der Waals surface area (Å²) in [6.45, 7) is 1.26. The van der Waals surface area contributed by atoms with Crippen molar-refractivity contribution in [2.45, 2.75) is 76.4 Å². The third-order valence-corrected chi connectivity index (χ3v) is 4.51. The summed E-state index contributed by atoms with van der Waals surface area (Å²) in [5.41, 5.74) is 0. The van der Waals surface area contributed by atoms with E-state index in [2.05, 4.69) is 6.92 Å². The Balaban J connectivity index is 0. The van der Waals surface area contributed by atoms with E-state index in [1.54, 1.807) is 0 Å². The van der Waals surface area contributed by atoms with Crippen molar-refractivity contribution in [2.24, 2.45) is 0 Å². The van der Waals surface area contributed by atoms with Gasteiger partial charge in [-0.15, -0.1) is 0 Å². The molecule has 1 N–H and O–H groups in total. The Morgan fingerprint density at radius 3 is 1.81 bits per heavy atom. The van der Waals surface area contributed by atoms with Gasteiger partial charge >= 0.3 is 29.6 Å². The van der Waals surface area contributed by atoms with Gasteiger partial charge in [-0.3, -0.25) is 4.79 Å². The first kappa shape index (κ1) is 23.8. The topological polar surface area (TPSA) is 94.5 Å². The quantitative estimate of drug-likeness (QED) is 0.276. The van der Waals surface area contributed by atoms with Crippen LogP contribution in [0.2, 0.25) is 0 Å². The zero-order chi connectivity index (χ0) is 15.4. The first-order chi connectivity index (χ1) is 9.43. The molecule has 0 saturated heterocycles. The standard InChI is InChI=1S/C14H28O5S.Na/c1-2-3-4-5-6-7-8-9-10-11-13(16)14(12-15)20(17,18)19;/h14-15H,2-12H2,1H3,(H,17,18,19);/q;+1/p-1. The van der Waals surface area contributed by atoms with Gasteiger partial charge in [-0.2, -0.15) is 0 Å². The van der Waals surface area contributed by atoms with E-state index in [1.165, 1.54) is 32.1 Å². The van der Waals surface area contributed by atoms with Crippen molar-refractivity contribution in [2.75, 3.05) is 6.61 Å². The summed E-state index contributed by atoms with van der Waals surface area (Å²) in [7, 11) is -4.72. The Morgan fingerprint density at radius 2 is 1.43 bits per heavy atom. The number of Topliss-reactive ketones (excluding diaryl/α,β-unsaturated/α-hetero) is 1. The van der Waals surface area contributed by atoms with Crippen LogP contribution in [-0.4, -0.2) is 35.7 Å². The van der Waals surface area contributed by atoms with Crippen LogP contribution in [0.5, 0.6) is 0 Å². The molecule has 0 aromatic rings. The molecule has 0 aliphatic rings. The maximum Gasteiger partial charge on any atom is 1.00 e. The van der Waals surface area contributed by atoms with Gasteiger partial charge in [-0.1, -0.05) is 58.3 Å². The van der Waals surface area contributed by atoms with Crippen LogP contribution < -0.4 is 29.6 Å². The van der Waals surface area contributed by atoms with Crippen LogP contribution in [0.25, 0.3) is 0 Å². The molecule has 21 heavy (non-hydrogen) atoms. The Labute approximate surface area is 150 Å². The van der Waals surface area contributed by atoms with E-state index >= 15 is 0 Å². The first-order valence-electron chi connectivity index (χ1n) is 7.51. The largest absolute Gasteiger partial charge is 1.00 e. The maximum absolute atomic E-state index is 11.5. The SMILES string of the molecule is CCCCCCCCCCCC(=O)C(CO)S(=O)(=O)[O-].[Na+]. The van der Waals surface area contributed by atoms with Crippen LogP contribution in [0.3, 0.4) is 0 Å². The summed E-state index contributed by atoms with van der Waals surface area (Å²) in [5.74, 6) is -0.662. The van der Waals surface area contributed by atoms with E-state index in [9.17, 15) is 17.8 Å². The fourth-order valence-electron chi connectivity index (χ4n) is 2.12. The number of ketones is 1. The van der Waals surface area contributed by atoms with Crippen LogP contribution in [0.4, 0.5) is 0 Å². The fourth-order valence-corrected chi connectivity index (χ4v) is 2.75. The number of carbonyl (C=O) groups is 1. The summed E-state index contributed by atoms with van der Waals surface area (Å²) >= 11 is 0. The van der Waals surface area contributed by atoms with Gasteiger partial charge in [0.05, 0.1) is 6.61 Å². The van der Waals surface area contributed by atoms with Gasteiger partial charge in [0.1, 0.15) is 15.4 Å². The van der Waals surface area contributed by atoms with Crippen LogP contribution in [0.15, 0.2) is 0 Å². The minimum atomic E-state index is -4.72. The van der Waals surface area contributed by atoms with E-state index in [1.807, 2.05) is 0 Å². The zero-order valence-electron chi connectivity index (χ0n) is 13.3. The van der Waals surface area contributed by atoms with Crippen LogP contribution >= 0.6 is 0 Å². The molecule has 1 unspecified atom stereocenters. The molecule has 0 spiro atoms. The third-order valence-electron chi connectivity index (χ3n) is 3.40. The molecule has 0 aliphatic heterocycles. The molecular weight excluding hydrogens is 303 g/mol. The van der Waals surface area contributed by atoms with Crippen molar-refractivity contribution in [1.29, 1.82) is 0 Å². The van der Waals surface area contributed by atoms with E-state index in [0.717, 1.165) is 19.3 Å². The molecular formula is C14H27NaO5S. The molecule has 0 amide bonds. The minimum absolute atomic E-state index is 0. The number of aliphatic hydroxyl groups is 1. The van der Waals surface area contributed by atoms with Gasteiger partial charge in [-0.05, 0) is 6.42 Å². The molecule has 7 heteroatoms. The Hall–Kier alpha value is 0.540. The Kier molecular flexibility index (Phi) is 16.0. The van der Waals surface area contributed by atoms with Crippen LogP contribution in [0.1, 0.15) is 71.1 Å². The van der Waals surface area contributed by atoms with Crippen molar-refractivity contribution < 1.29 is 52.4 Å². The molecule has 5 nitrogen and oxygen atoms in total. The number of carbonyl (C=O) groups excluding carboxylic acids is 1. The van der Waals surface area contributed by atoms with Gasteiger partial charge in [0.2, 0.25) is 0 Å². The molecule has 0 aromatic carbocycles. The second-order valence-electron chi connectivity index (χ2n) is 5.21. The molecule has 0 heterocycles. The Bertz CT molecular complexity index is 356. The van der Waals surface area contributed by atoms with Crippen molar-refractivity contribution in [3.63, 3.8) is 0 Å². The van der Waals surface area contributed by atoms with Gasteiger partial charge in [-0.25, -0.2) is 8.42 Å². The second kappa shape index (κ2) is 14.2. The number of aliphatic hydroxyl groups excluding tert-OH is 1. The van der Waals surface area contributed by atoms with E-state index in [0.29, 0.717) is 6.42 Å². The summed E-state index contributed by atoms with van der Waals surface area (Å²) in [6, 6.07) is 0. The number of rotatable bonds is 13. The molecule has 0 aromatic heterocycles. The third kappa shape index (κ3) is 12.7. The van der Waals surface area contributed by atoms with Crippen LogP contribution in [-0.2, 0) is 14.9 Å². The molecule has 0 saturated carbocycles. The molecule has 0 rings (SSSR count). The molecule has 0 bridgehead atoms. The summed E-state index contributed by atoms with van der Waals surface area (Å²) in [5, 5.41) is 6.99. The zero-order valence-corrected chi connectivity index (χ0v) is 16.2. The van der Waals surface area contributed by atoms with Gasteiger partial charge in [0.25, 0.3) is 0 Å². The molecule has 0 fully saturated rings. The fraction of sp³-hybridized carbons (Fsp3) is 0.929. The average Bonchev–Trinajstić information content (AvgIpc) is 2.36. The van der Waals surface area contributed by atoms with Crippen molar-refractivity contribution in [3.05, 3.63) is 0 Å². The van der Waals surface area contributed by atoms with E-state index in [4.69, 9.17) is 5.11 Å². The van der Waals surface area contributed by atoms with Gasteiger partial charge in [0, 0.05) is 6.42 Å². The Morgan fingerprint density at radius 1 is 1.00 bits per heavy atom. The smallest absolute Gasteiger partial charge is 0.747 e. The maximum atomic E-state index is 11.5. The molecule has 0 radical (unpaired) electrons. The second-order valence-corrected chi connectivity index (χ2v) is 6.76. The summed E-state index contributed by atoms with van der Waals surface area (Å²) < 4.78 is 32.2. The number of hydrogen-bond acceptors (Lipinski definition) is 5. The first-order valence-corrected chi connectivity index (χ1v) is 8.99. The molecule has 1 atom stereocenters. The predicted molar refractivity (Wildman–Crippen MR) is 77.4 cm³/mol. The molecule has 0 aliphatic carbocycles. The van der Waals surface area contributed by atoms with Gasteiger partial charge < -0.3 is 9.66 Å². The summed E-state index contributed by atoms with van der Waals surface area (Å²) in [4.78, 5) is 11.5. The van der Waals surface area contributed by atoms with Crippen molar-refractivity contribution in [3.8, 4) is 0 Å². The normalized spacial score (nSPS) is 12.7. The van der Waals surface area contributed by atoms with E-state index in [-0.39, 0.29) is 36.0 Å². The minimum Gasteiger partial charge on any atom is -0.747 e. The van der Waals surface area contributed by atoms with Crippen molar-refractivity contribution >= 4 is 15.9 Å². The van der Waals surface area contributed by atoms with Crippen molar-refractivity contribution in [1.82, 2.24) is 0 Å². The van der Waals surface area contributed by atoms with E-state index < -0.39 is 27.8 Å². The predicted octanol–water partition coefficient (Wildman–Crippen LogP) is -0.613. The number of unbranched alkanes of at least 4 members (excludes halogenated alkanes) is 8. The van der Waals surface area contributed by atoms with Gasteiger partial charge in [0.15, 0.2) is 5.78 Å². The number of hydrogen-bond donors (Lipinski definition) is 1. The monoisotopic (exact) mass is 330 g/mol. The van der Waals surface area contributed by atoms with Crippen LogP contribution in [0, 0.1) is 0 Å².